The highest BCUT2D eigenvalue weighted by Gasteiger charge is 2.39. The standard InChI is InChI=1S/C24H24N2O9/c1-15-21(34-23(27)31-3)20(18-11-8-12-19(13-18)26(29)30)22(35-24(28)32-4)16(2)25(15)33-14-17-9-6-5-7-10-17/h5-13,20H,14H2,1-4H3. The van der Waals surface area contributed by atoms with Crippen LogP contribution in [0.3, 0.4) is 0 Å². The van der Waals surface area contributed by atoms with Crippen molar-refractivity contribution in [1.29, 1.82) is 0 Å². The normalized spacial score (nSPS) is 14.0. The van der Waals surface area contributed by atoms with Gasteiger partial charge in [0, 0.05) is 12.1 Å². The van der Waals surface area contributed by atoms with Gasteiger partial charge in [-0.25, -0.2) is 14.7 Å². The molecule has 0 unspecified atom stereocenters. The highest BCUT2D eigenvalue weighted by Crippen LogP contribution is 2.44. The van der Waals surface area contributed by atoms with E-state index in [4.69, 9.17) is 14.3 Å². The average molecular weight is 484 g/mol. The number of hydroxylamine groups is 2. The molecule has 11 heteroatoms. The molecular weight excluding hydrogens is 460 g/mol. The SMILES string of the molecule is COC(=O)OC1=C(C)N(OCc2ccccc2)C(C)=C(OC(=O)OC)C1c1cccc([N+](=O)[O-])c1. The van der Waals surface area contributed by atoms with Crippen LogP contribution >= 0.6 is 0 Å². The zero-order valence-electron chi connectivity index (χ0n) is 19.5. The summed E-state index contributed by atoms with van der Waals surface area (Å²) < 4.78 is 20.2. The molecule has 0 saturated heterocycles. The van der Waals surface area contributed by atoms with Gasteiger partial charge in [0.15, 0.2) is 0 Å². The third kappa shape index (κ3) is 5.76. The molecule has 0 saturated carbocycles. The van der Waals surface area contributed by atoms with Crippen molar-refractivity contribution in [2.75, 3.05) is 14.2 Å². The Morgan fingerprint density at radius 1 is 0.914 bits per heavy atom. The van der Waals surface area contributed by atoms with Crippen LogP contribution in [-0.2, 0) is 30.4 Å². The lowest BCUT2D eigenvalue weighted by Gasteiger charge is -2.36. The average Bonchev–Trinajstić information content (AvgIpc) is 2.87. The molecule has 1 heterocycles. The van der Waals surface area contributed by atoms with Gasteiger partial charge in [-0.1, -0.05) is 42.5 Å². The molecule has 35 heavy (non-hydrogen) atoms. The Bertz CT molecular complexity index is 1130. The largest absolute Gasteiger partial charge is 0.513 e. The fraction of sp³-hybridized carbons (Fsp3) is 0.250. The van der Waals surface area contributed by atoms with Gasteiger partial charge in [-0.3, -0.25) is 15.0 Å². The minimum Gasteiger partial charge on any atom is -0.437 e. The Labute approximate surface area is 201 Å². The van der Waals surface area contributed by atoms with Crippen molar-refractivity contribution in [3.63, 3.8) is 0 Å². The maximum absolute atomic E-state index is 12.1. The third-order valence-corrected chi connectivity index (χ3v) is 5.18. The van der Waals surface area contributed by atoms with Crippen molar-refractivity contribution in [2.24, 2.45) is 0 Å². The number of benzene rings is 2. The van der Waals surface area contributed by atoms with E-state index in [1.54, 1.807) is 19.9 Å². The summed E-state index contributed by atoms with van der Waals surface area (Å²) in [5.74, 6) is -1.03. The van der Waals surface area contributed by atoms with E-state index in [9.17, 15) is 19.7 Å². The molecule has 3 rings (SSSR count). The first-order chi connectivity index (χ1) is 16.8. The van der Waals surface area contributed by atoms with Gasteiger partial charge in [-0.2, -0.15) is 0 Å². The molecule has 0 fully saturated rings. The number of methoxy groups -OCH3 is 2. The lowest BCUT2D eigenvalue weighted by Crippen LogP contribution is -2.32. The number of nitro benzene ring substituents is 1. The molecule has 2 aromatic rings. The van der Waals surface area contributed by atoms with Crippen molar-refractivity contribution >= 4 is 18.0 Å². The smallest absolute Gasteiger partial charge is 0.437 e. The monoisotopic (exact) mass is 484 g/mol. The fourth-order valence-electron chi connectivity index (χ4n) is 3.54. The lowest BCUT2D eigenvalue weighted by molar-refractivity contribution is -0.384. The minimum absolute atomic E-state index is 0.00471. The summed E-state index contributed by atoms with van der Waals surface area (Å²) in [5, 5.41) is 12.7. The van der Waals surface area contributed by atoms with Crippen LogP contribution in [-0.4, -0.2) is 36.5 Å². The van der Waals surface area contributed by atoms with Gasteiger partial charge in [0.05, 0.1) is 30.5 Å². The van der Waals surface area contributed by atoms with E-state index >= 15 is 0 Å². The third-order valence-electron chi connectivity index (χ3n) is 5.18. The van der Waals surface area contributed by atoms with Crippen LogP contribution in [0, 0.1) is 10.1 Å². The number of non-ortho nitro benzene ring substituents is 1. The summed E-state index contributed by atoms with van der Waals surface area (Å²) in [4.78, 5) is 41.1. The van der Waals surface area contributed by atoms with Crippen LogP contribution in [0.1, 0.15) is 30.9 Å². The van der Waals surface area contributed by atoms with E-state index in [0.29, 0.717) is 17.0 Å². The van der Waals surface area contributed by atoms with Crippen LogP contribution < -0.4 is 0 Å². The Kier molecular flexibility index (Phi) is 8.05. The summed E-state index contributed by atoms with van der Waals surface area (Å²) in [6.07, 6.45) is -2.07. The molecule has 0 bridgehead atoms. The van der Waals surface area contributed by atoms with Gasteiger partial charge in [-0.15, -0.1) is 0 Å². The lowest BCUT2D eigenvalue weighted by atomic mass is 9.90. The van der Waals surface area contributed by atoms with Crippen molar-refractivity contribution in [1.82, 2.24) is 5.06 Å². The number of allylic oxidation sites excluding steroid dienone is 2. The maximum atomic E-state index is 12.1. The van der Waals surface area contributed by atoms with Crippen LogP contribution in [0.4, 0.5) is 15.3 Å². The molecule has 2 aromatic carbocycles. The number of rotatable bonds is 7. The van der Waals surface area contributed by atoms with E-state index < -0.39 is 23.2 Å². The van der Waals surface area contributed by atoms with E-state index in [2.05, 4.69) is 9.47 Å². The van der Waals surface area contributed by atoms with E-state index in [0.717, 1.165) is 19.8 Å². The highest BCUT2D eigenvalue weighted by atomic mass is 16.7. The molecule has 184 valence electrons. The zero-order chi connectivity index (χ0) is 25.5. The number of hydrogen-bond acceptors (Lipinski definition) is 10. The van der Waals surface area contributed by atoms with Crippen LogP contribution in [0.25, 0.3) is 0 Å². The maximum Gasteiger partial charge on any atom is 0.513 e. The molecule has 0 aromatic heterocycles. The first-order valence-electron chi connectivity index (χ1n) is 10.4. The van der Waals surface area contributed by atoms with Gasteiger partial charge in [0.1, 0.15) is 24.0 Å². The predicted octanol–water partition coefficient (Wildman–Crippen LogP) is 5.15. The van der Waals surface area contributed by atoms with Gasteiger partial charge < -0.3 is 18.9 Å². The molecule has 0 radical (unpaired) electrons. The van der Waals surface area contributed by atoms with Crippen LogP contribution in [0.2, 0.25) is 0 Å². The number of nitro groups is 1. The second-order valence-corrected chi connectivity index (χ2v) is 7.35. The van der Waals surface area contributed by atoms with Crippen molar-refractivity contribution < 1.29 is 38.3 Å². The zero-order valence-corrected chi connectivity index (χ0v) is 19.5. The molecule has 0 atom stereocenters. The fourth-order valence-corrected chi connectivity index (χ4v) is 3.54. The highest BCUT2D eigenvalue weighted by molar-refractivity contribution is 5.65. The predicted molar refractivity (Wildman–Crippen MR) is 121 cm³/mol. The summed E-state index contributed by atoms with van der Waals surface area (Å²) in [7, 11) is 2.28. The van der Waals surface area contributed by atoms with E-state index in [-0.39, 0.29) is 23.8 Å². The molecule has 1 aliphatic rings. The van der Waals surface area contributed by atoms with E-state index in [1.807, 2.05) is 30.3 Å². The Balaban J connectivity index is 2.14. The summed E-state index contributed by atoms with van der Waals surface area (Å²) in [5.41, 5.74) is 1.68. The van der Waals surface area contributed by atoms with Crippen LogP contribution in [0.5, 0.6) is 0 Å². The first-order valence-corrected chi connectivity index (χ1v) is 10.4. The number of carbonyl (C=O) groups is 2. The van der Waals surface area contributed by atoms with Gasteiger partial charge >= 0.3 is 12.3 Å². The molecular formula is C24H24N2O9. The summed E-state index contributed by atoms with van der Waals surface area (Å²) >= 11 is 0. The molecule has 1 aliphatic heterocycles. The van der Waals surface area contributed by atoms with Crippen LogP contribution in [0.15, 0.2) is 77.5 Å². The number of carbonyl (C=O) groups excluding carboxylic acids is 2. The van der Waals surface area contributed by atoms with Gasteiger partial charge in [-0.05, 0) is 25.0 Å². The summed E-state index contributed by atoms with van der Waals surface area (Å²) in [6.45, 7) is 3.41. The quantitative estimate of drug-likeness (QED) is 0.295. The molecule has 11 nitrogen and oxygen atoms in total. The minimum atomic E-state index is -1.03. The topological polar surface area (TPSA) is 127 Å². The van der Waals surface area contributed by atoms with Gasteiger partial charge in [0.2, 0.25) is 0 Å². The first kappa shape index (κ1) is 25.2. The molecule has 0 spiro atoms. The second kappa shape index (κ2) is 11.2. The van der Waals surface area contributed by atoms with Gasteiger partial charge in [0.25, 0.3) is 5.69 Å². The Hall–Kier alpha value is -4.38. The molecule has 0 aliphatic carbocycles. The number of hydrogen-bond donors (Lipinski definition) is 0. The summed E-state index contributed by atoms with van der Waals surface area (Å²) in [6, 6.07) is 15.0. The van der Waals surface area contributed by atoms with Crippen molar-refractivity contribution in [3.8, 4) is 0 Å². The number of nitrogens with zero attached hydrogens (tertiary/aromatic N) is 2. The number of ether oxygens (including phenoxy) is 4. The Morgan fingerprint density at radius 3 is 2.00 bits per heavy atom. The van der Waals surface area contributed by atoms with E-state index in [1.165, 1.54) is 23.3 Å². The Morgan fingerprint density at radius 2 is 1.49 bits per heavy atom. The van der Waals surface area contributed by atoms with Crippen molar-refractivity contribution in [2.45, 2.75) is 26.4 Å². The second-order valence-electron chi connectivity index (χ2n) is 7.35. The molecule has 0 amide bonds. The van der Waals surface area contributed by atoms with Crippen molar-refractivity contribution in [3.05, 3.63) is 98.8 Å². The molecule has 0 N–H and O–H groups in total.